The number of benzene rings is 3. The van der Waals surface area contributed by atoms with E-state index in [1.807, 2.05) is 48.5 Å². The van der Waals surface area contributed by atoms with Gasteiger partial charge in [0.1, 0.15) is 18.9 Å². The highest BCUT2D eigenvalue weighted by Gasteiger charge is 2.36. The molecule has 3 amide bonds. The molecule has 0 radical (unpaired) electrons. The lowest BCUT2D eigenvalue weighted by Crippen LogP contribution is -2.36. The van der Waals surface area contributed by atoms with Gasteiger partial charge in [0.05, 0.1) is 19.2 Å². The fraction of sp³-hybridized carbons (Fsp3) is 0.0800. The van der Waals surface area contributed by atoms with E-state index < -0.39 is 23.6 Å². The highest BCUT2D eigenvalue weighted by molar-refractivity contribution is 14.1. The molecule has 1 heterocycles. The molecule has 3 aromatic carbocycles. The molecule has 0 unspecified atom stereocenters. The highest BCUT2D eigenvalue weighted by Crippen LogP contribution is 2.33. The molecule has 6 nitrogen and oxygen atoms in total. The highest BCUT2D eigenvalue weighted by atomic mass is 127. The molecule has 1 aliphatic rings. The zero-order chi connectivity index (χ0) is 24.1. The van der Waals surface area contributed by atoms with Crippen LogP contribution in [-0.4, -0.2) is 28.5 Å². The first-order valence-electron chi connectivity index (χ1n) is 10.2. The molecule has 0 bridgehead atoms. The summed E-state index contributed by atoms with van der Waals surface area (Å²) in [5.74, 6) is -0.291. The summed E-state index contributed by atoms with van der Waals surface area (Å²) >= 11 is 9.02. The predicted octanol–water partition coefficient (Wildman–Crippen LogP) is 6.20. The minimum absolute atomic E-state index is 0.254. The van der Waals surface area contributed by atoms with E-state index in [9.17, 15) is 14.4 Å². The monoisotopic (exact) mass is 604 g/mol. The van der Waals surface area contributed by atoms with Crippen LogP contribution in [0.1, 0.15) is 11.1 Å². The van der Waals surface area contributed by atoms with Gasteiger partial charge in [-0.3, -0.25) is 19.3 Å². The number of carbonyl (C=O) groups is 3. The van der Waals surface area contributed by atoms with Crippen molar-refractivity contribution in [2.75, 3.05) is 11.9 Å². The minimum atomic E-state index is -0.510. The topological polar surface area (TPSA) is 75.7 Å². The van der Waals surface area contributed by atoms with Crippen LogP contribution in [0.5, 0.6) is 5.75 Å². The lowest BCUT2D eigenvalue weighted by atomic mass is 10.2. The second-order valence-electron chi connectivity index (χ2n) is 7.26. The van der Waals surface area contributed by atoms with Crippen molar-refractivity contribution in [2.24, 2.45) is 0 Å². The Balaban J connectivity index is 1.40. The average molecular weight is 605 g/mol. The van der Waals surface area contributed by atoms with E-state index in [1.165, 1.54) is 0 Å². The Kier molecular flexibility index (Phi) is 7.91. The Hall–Kier alpha value is -2.82. The number of imide groups is 1. The maximum absolute atomic E-state index is 12.8. The van der Waals surface area contributed by atoms with Gasteiger partial charge in [0.25, 0.3) is 11.1 Å². The molecule has 0 aromatic heterocycles. The number of rotatable bonds is 7. The van der Waals surface area contributed by atoms with Crippen molar-refractivity contribution < 1.29 is 19.1 Å². The number of ether oxygens (including phenoxy) is 1. The quantitative estimate of drug-likeness (QED) is 0.257. The van der Waals surface area contributed by atoms with Crippen LogP contribution in [0.25, 0.3) is 6.08 Å². The van der Waals surface area contributed by atoms with Crippen LogP contribution in [0.4, 0.5) is 10.5 Å². The molecule has 172 valence electrons. The van der Waals surface area contributed by atoms with E-state index in [-0.39, 0.29) is 4.91 Å². The van der Waals surface area contributed by atoms with Crippen molar-refractivity contribution >= 4 is 74.8 Å². The van der Waals surface area contributed by atoms with Crippen molar-refractivity contribution in [3.63, 3.8) is 0 Å². The molecule has 0 saturated carbocycles. The zero-order valence-corrected chi connectivity index (χ0v) is 21.4. The summed E-state index contributed by atoms with van der Waals surface area (Å²) in [4.78, 5) is 38.7. The van der Waals surface area contributed by atoms with Gasteiger partial charge in [0, 0.05) is 0 Å². The molecule has 3 aromatic rings. The Morgan fingerprint density at radius 1 is 1.06 bits per heavy atom. The number of nitrogens with zero attached hydrogens (tertiary/aromatic N) is 1. The molecule has 0 atom stereocenters. The van der Waals surface area contributed by atoms with Gasteiger partial charge in [-0.25, -0.2) is 0 Å². The van der Waals surface area contributed by atoms with Gasteiger partial charge in [-0.1, -0.05) is 60.1 Å². The van der Waals surface area contributed by atoms with E-state index in [0.29, 0.717) is 17.3 Å². The summed E-state index contributed by atoms with van der Waals surface area (Å²) in [6.45, 7) is 0.0579. The van der Waals surface area contributed by atoms with Crippen LogP contribution in [-0.2, 0) is 16.2 Å². The van der Waals surface area contributed by atoms with Crippen molar-refractivity contribution in [1.82, 2.24) is 4.90 Å². The number of hydrogen-bond acceptors (Lipinski definition) is 5. The van der Waals surface area contributed by atoms with Gasteiger partial charge >= 0.3 is 0 Å². The van der Waals surface area contributed by atoms with E-state index in [1.54, 1.807) is 30.3 Å². The number of nitrogens with one attached hydrogen (secondary N) is 1. The largest absolute Gasteiger partial charge is 0.488 e. The third-order valence-electron chi connectivity index (χ3n) is 4.81. The molecule has 1 aliphatic heterocycles. The number of hydrogen-bond donors (Lipinski definition) is 1. The van der Waals surface area contributed by atoms with Crippen LogP contribution in [0.2, 0.25) is 5.02 Å². The second-order valence-corrected chi connectivity index (χ2v) is 9.82. The summed E-state index contributed by atoms with van der Waals surface area (Å²) in [5.41, 5.74) is 2.23. The van der Waals surface area contributed by atoms with Crippen molar-refractivity contribution in [3.05, 3.63) is 97.4 Å². The Morgan fingerprint density at radius 2 is 1.79 bits per heavy atom. The summed E-state index contributed by atoms with van der Waals surface area (Å²) in [7, 11) is 0. The Bertz CT molecular complexity index is 1280. The van der Waals surface area contributed by atoms with Gasteiger partial charge in [0.15, 0.2) is 0 Å². The lowest BCUT2D eigenvalue weighted by Gasteiger charge is -2.13. The molecule has 0 aliphatic carbocycles. The normalized spacial score (nSPS) is 14.5. The first kappa shape index (κ1) is 24.3. The summed E-state index contributed by atoms with van der Waals surface area (Å²) in [5, 5.41) is 2.49. The standard InChI is InChI=1S/C25H18ClIN2O4S/c26-18-8-4-5-9-20(18)28-23(30)14-29-24(31)22(34-25(29)32)13-17-10-11-21(19(27)12-17)33-15-16-6-2-1-3-7-16/h1-13H,14-15H2,(H,28,30)/b22-13+. The first-order chi connectivity index (χ1) is 16.4. The number of halogens is 2. The van der Waals surface area contributed by atoms with Crippen LogP contribution in [0.15, 0.2) is 77.7 Å². The predicted molar refractivity (Wildman–Crippen MR) is 143 cm³/mol. The second kappa shape index (κ2) is 11.1. The molecule has 0 spiro atoms. The molecule has 34 heavy (non-hydrogen) atoms. The van der Waals surface area contributed by atoms with E-state index >= 15 is 0 Å². The molecule has 9 heteroatoms. The number of carbonyl (C=O) groups excluding carboxylic acids is 3. The van der Waals surface area contributed by atoms with E-state index in [4.69, 9.17) is 16.3 Å². The van der Waals surface area contributed by atoms with Crippen LogP contribution >= 0.6 is 46.0 Å². The van der Waals surface area contributed by atoms with Crippen molar-refractivity contribution in [2.45, 2.75) is 6.61 Å². The number of anilines is 1. The third kappa shape index (κ3) is 5.99. The van der Waals surface area contributed by atoms with Crippen molar-refractivity contribution in [1.29, 1.82) is 0 Å². The molecular weight excluding hydrogens is 587 g/mol. The number of para-hydroxylation sites is 1. The summed E-state index contributed by atoms with van der Waals surface area (Å²) < 4.78 is 6.76. The smallest absolute Gasteiger partial charge is 0.294 e. The van der Waals surface area contributed by atoms with Crippen LogP contribution in [0, 0.1) is 3.57 Å². The molecular formula is C25H18ClIN2O4S. The fourth-order valence-electron chi connectivity index (χ4n) is 3.14. The Morgan fingerprint density at radius 3 is 2.53 bits per heavy atom. The number of amides is 3. The van der Waals surface area contributed by atoms with E-state index in [2.05, 4.69) is 27.9 Å². The average Bonchev–Trinajstić information content (AvgIpc) is 3.08. The zero-order valence-electron chi connectivity index (χ0n) is 17.7. The molecule has 1 fully saturated rings. The van der Waals surface area contributed by atoms with Gasteiger partial charge in [0.2, 0.25) is 5.91 Å². The van der Waals surface area contributed by atoms with Gasteiger partial charge < -0.3 is 10.1 Å². The van der Waals surface area contributed by atoms with E-state index in [0.717, 1.165) is 37.1 Å². The van der Waals surface area contributed by atoms with Crippen molar-refractivity contribution in [3.8, 4) is 5.75 Å². The SMILES string of the molecule is O=C(CN1C(=O)S/C(=C/c2ccc(OCc3ccccc3)c(I)c2)C1=O)Nc1ccccc1Cl. The Labute approximate surface area is 219 Å². The third-order valence-corrected chi connectivity index (χ3v) is 6.89. The van der Waals surface area contributed by atoms with Crippen LogP contribution < -0.4 is 10.1 Å². The fourth-order valence-corrected chi connectivity index (χ4v) is 4.86. The maximum atomic E-state index is 12.8. The molecule has 4 rings (SSSR count). The summed E-state index contributed by atoms with van der Waals surface area (Å²) in [6, 6.07) is 22.1. The van der Waals surface area contributed by atoms with Gasteiger partial charge in [-0.15, -0.1) is 0 Å². The van der Waals surface area contributed by atoms with Crippen LogP contribution in [0.3, 0.4) is 0 Å². The molecule has 1 N–H and O–H groups in total. The number of thioether (sulfide) groups is 1. The maximum Gasteiger partial charge on any atom is 0.294 e. The lowest BCUT2D eigenvalue weighted by molar-refractivity contribution is -0.127. The van der Waals surface area contributed by atoms with Gasteiger partial charge in [-0.2, -0.15) is 0 Å². The molecule has 1 saturated heterocycles. The minimum Gasteiger partial charge on any atom is -0.488 e. The van der Waals surface area contributed by atoms with Gasteiger partial charge in [-0.05, 0) is 75.8 Å². The summed E-state index contributed by atoms with van der Waals surface area (Å²) in [6.07, 6.45) is 1.64. The first-order valence-corrected chi connectivity index (χ1v) is 12.4.